The van der Waals surface area contributed by atoms with Crippen LogP contribution in [-0.2, 0) is 4.74 Å². The molecule has 7 nitrogen and oxygen atoms in total. The fraction of sp³-hybridized carbons (Fsp3) is 0.200. The van der Waals surface area contributed by atoms with E-state index in [-0.39, 0.29) is 12.6 Å². The van der Waals surface area contributed by atoms with Crippen molar-refractivity contribution in [1.29, 1.82) is 0 Å². The fourth-order valence-corrected chi connectivity index (χ4v) is 1.33. The van der Waals surface area contributed by atoms with Crippen LogP contribution in [0.1, 0.15) is 16.8 Å². The van der Waals surface area contributed by atoms with Gasteiger partial charge in [0.1, 0.15) is 0 Å². The van der Waals surface area contributed by atoms with E-state index >= 15 is 0 Å². The van der Waals surface area contributed by atoms with E-state index in [1.807, 2.05) is 6.07 Å². The zero-order valence-corrected chi connectivity index (χ0v) is 9.09. The lowest BCUT2D eigenvalue weighted by Gasteiger charge is -2.11. The molecule has 7 heteroatoms. The van der Waals surface area contributed by atoms with Crippen LogP contribution in [0.15, 0.2) is 35.4 Å². The van der Waals surface area contributed by atoms with Crippen LogP contribution in [0.3, 0.4) is 0 Å². The van der Waals surface area contributed by atoms with E-state index in [1.54, 1.807) is 24.3 Å². The van der Waals surface area contributed by atoms with Gasteiger partial charge in [-0.05, 0) is 12.1 Å². The molecule has 0 aliphatic carbocycles. The van der Waals surface area contributed by atoms with Crippen molar-refractivity contribution in [2.24, 2.45) is 10.9 Å². The SMILES string of the molecule is NN1NNN=C1CCOC(=O)c1ccccc1. The number of benzene rings is 1. The first kappa shape index (κ1) is 11.4. The number of nitrogens with two attached hydrogens (primary N) is 1. The third kappa shape index (κ3) is 2.92. The number of hydrogen-bond acceptors (Lipinski definition) is 7. The molecule has 0 radical (unpaired) electrons. The highest BCUT2D eigenvalue weighted by Gasteiger charge is 2.13. The first-order valence-corrected chi connectivity index (χ1v) is 5.11. The van der Waals surface area contributed by atoms with Crippen LogP contribution in [0.25, 0.3) is 0 Å². The van der Waals surface area contributed by atoms with Crippen LogP contribution in [0.5, 0.6) is 0 Å². The highest BCUT2D eigenvalue weighted by Crippen LogP contribution is 2.02. The Morgan fingerprint density at radius 1 is 1.41 bits per heavy atom. The van der Waals surface area contributed by atoms with Gasteiger partial charge in [-0.1, -0.05) is 18.2 Å². The molecule has 90 valence electrons. The maximum absolute atomic E-state index is 11.6. The van der Waals surface area contributed by atoms with Crippen LogP contribution in [-0.4, -0.2) is 23.5 Å². The van der Waals surface area contributed by atoms with Crippen LogP contribution in [0.2, 0.25) is 0 Å². The molecule has 0 spiro atoms. The molecule has 1 aromatic carbocycles. The molecular formula is C10H13N5O2. The molecule has 1 aliphatic rings. The minimum Gasteiger partial charge on any atom is -0.462 e. The van der Waals surface area contributed by atoms with E-state index in [2.05, 4.69) is 16.2 Å². The van der Waals surface area contributed by atoms with Gasteiger partial charge < -0.3 is 4.74 Å². The molecule has 4 N–H and O–H groups in total. The Hall–Kier alpha value is -2.12. The molecule has 0 aromatic heterocycles. The van der Waals surface area contributed by atoms with Gasteiger partial charge in [0.05, 0.1) is 12.2 Å². The number of hydrazone groups is 1. The molecule has 0 bridgehead atoms. The lowest BCUT2D eigenvalue weighted by Crippen LogP contribution is -2.46. The zero-order chi connectivity index (χ0) is 12.1. The number of carbonyl (C=O) groups excluding carboxylic acids is 1. The Balaban J connectivity index is 1.78. The Bertz CT molecular complexity index is 420. The largest absolute Gasteiger partial charge is 0.462 e. The smallest absolute Gasteiger partial charge is 0.338 e. The first-order valence-electron chi connectivity index (χ1n) is 5.11. The molecular weight excluding hydrogens is 222 g/mol. The van der Waals surface area contributed by atoms with Gasteiger partial charge in [0.15, 0.2) is 5.84 Å². The van der Waals surface area contributed by atoms with E-state index in [0.717, 1.165) is 0 Å². The normalized spacial score (nSPS) is 14.2. The second kappa shape index (κ2) is 5.28. The fourth-order valence-electron chi connectivity index (χ4n) is 1.33. The maximum Gasteiger partial charge on any atom is 0.338 e. The predicted molar refractivity (Wildman–Crippen MR) is 61.1 cm³/mol. The lowest BCUT2D eigenvalue weighted by atomic mass is 10.2. The monoisotopic (exact) mass is 235 g/mol. The molecule has 17 heavy (non-hydrogen) atoms. The number of nitrogens with zero attached hydrogens (tertiary/aromatic N) is 2. The second-order valence-electron chi connectivity index (χ2n) is 3.37. The van der Waals surface area contributed by atoms with Crippen molar-refractivity contribution >= 4 is 11.8 Å². The molecule has 0 saturated carbocycles. The molecule has 0 unspecified atom stereocenters. The van der Waals surface area contributed by atoms with Crippen molar-refractivity contribution < 1.29 is 9.53 Å². The van der Waals surface area contributed by atoms with E-state index in [0.29, 0.717) is 17.8 Å². The van der Waals surface area contributed by atoms with E-state index < -0.39 is 0 Å². The second-order valence-corrected chi connectivity index (χ2v) is 3.37. The molecule has 0 saturated heterocycles. The van der Waals surface area contributed by atoms with Gasteiger partial charge in [-0.3, -0.25) is 0 Å². The molecule has 1 aliphatic heterocycles. The Morgan fingerprint density at radius 3 is 2.82 bits per heavy atom. The van der Waals surface area contributed by atoms with Crippen molar-refractivity contribution in [1.82, 2.24) is 16.2 Å². The van der Waals surface area contributed by atoms with Crippen molar-refractivity contribution in [3.63, 3.8) is 0 Å². The quantitative estimate of drug-likeness (QED) is 0.492. The van der Waals surface area contributed by atoms with Crippen molar-refractivity contribution in [2.75, 3.05) is 6.61 Å². The molecule has 0 atom stereocenters. The van der Waals surface area contributed by atoms with Gasteiger partial charge in [0.2, 0.25) is 0 Å². The molecule has 0 fully saturated rings. The van der Waals surface area contributed by atoms with Gasteiger partial charge >= 0.3 is 5.97 Å². The summed E-state index contributed by atoms with van der Waals surface area (Å²) in [6, 6.07) is 8.81. The zero-order valence-electron chi connectivity index (χ0n) is 9.09. The number of rotatable bonds is 4. The molecule has 2 rings (SSSR count). The van der Waals surface area contributed by atoms with Crippen LogP contribution in [0.4, 0.5) is 0 Å². The van der Waals surface area contributed by atoms with Gasteiger partial charge in [-0.2, -0.15) is 0 Å². The number of hydrazine groups is 3. The number of ether oxygens (including phenoxy) is 1. The Labute approximate surface area is 98.1 Å². The standard InChI is InChI=1S/C10H13N5O2/c11-15-9(12-13-14-15)6-7-17-10(16)8-4-2-1-3-5-8/h1-5,13-14H,6-7,11H2. The minimum atomic E-state index is -0.353. The Morgan fingerprint density at radius 2 is 2.18 bits per heavy atom. The van der Waals surface area contributed by atoms with Crippen LogP contribution < -0.4 is 16.9 Å². The number of nitrogens with one attached hydrogen (secondary N) is 2. The van der Waals surface area contributed by atoms with Gasteiger partial charge in [0, 0.05) is 6.42 Å². The third-order valence-electron chi connectivity index (χ3n) is 2.20. The highest BCUT2D eigenvalue weighted by molar-refractivity contribution is 5.89. The maximum atomic E-state index is 11.6. The third-order valence-corrected chi connectivity index (χ3v) is 2.20. The lowest BCUT2D eigenvalue weighted by molar-refractivity contribution is 0.0513. The summed E-state index contributed by atoms with van der Waals surface area (Å²) in [6.45, 7) is 0.226. The Kier molecular flexibility index (Phi) is 3.53. The number of hydrogen-bond donors (Lipinski definition) is 3. The van der Waals surface area contributed by atoms with E-state index in [4.69, 9.17) is 10.6 Å². The molecule has 1 heterocycles. The number of amidine groups is 1. The summed E-state index contributed by atoms with van der Waals surface area (Å²) in [6.07, 6.45) is 0.440. The van der Waals surface area contributed by atoms with E-state index in [1.165, 1.54) is 5.12 Å². The average molecular weight is 235 g/mol. The number of carbonyl (C=O) groups is 1. The number of esters is 1. The highest BCUT2D eigenvalue weighted by atomic mass is 16.5. The predicted octanol–water partition coefficient (Wildman–Crippen LogP) is -0.254. The summed E-state index contributed by atoms with van der Waals surface area (Å²) in [5.41, 5.74) is 5.58. The van der Waals surface area contributed by atoms with Crippen molar-refractivity contribution in [3.8, 4) is 0 Å². The van der Waals surface area contributed by atoms with Gasteiger partial charge in [-0.15, -0.1) is 10.6 Å². The van der Waals surface area contributed by atoms with Crippen molar-refractivity contribution in [2.45, 2.75) is 6.42 Å². The summed E-state index contributed by atoms with van der Waals surface area (Å²) in [5, 5.41) is 5.08. The molecule has 0 amide bonds. The summed E-state index contributed by atoms with van der Waals surface area (Å²) in [7, 11) is 0. The minimum absolute atomic E-state index is 0.226. The molecule has 1 aromatic rings. The topological polar surface area (TPSA) is 92.0 Å². The van der Waals surface area contributed by atoms with Gasteiger partial charge in [-0.25, -0.2) is 21.3 Å². The van der Waals surface area contributed by atoms with Crippen molar-refractivity contribution in [3.05, 3.63) is 35.9 Å². The van der Waals surface area contributed by atoms with Gasteiger partial charge in [0.25, 0.3) is 0 Å². The summed E-state index contributed by atoms with van der Waals surface area (Å²) in [5.74, 6) is 5.72. The van der Waals surface area contributed by atoms with E-state index in [9.17, 15) is 4.79 Å². The average Bonchev–Trinajstić information content (AvgIpc) is 2.76. The van der Waals surface area contributed by atoms with Crippen LogP contribution >= 0.6 is 0 Å². The summed E-state index contributed by atoms with van der Waals surface area (Å²) < 4.78 is 5.08. The van der Waals surface area contributed by atoms with Crippen LogP contribution in [0, 0.1) is 0 Å². The first-order chi connectivity index (χ1) is 8.27. The summed E-state index contributed by atoms with van der Waals surface area (Å²) >= 11 is 0. The summed E-state index contributed by atoms with van der Waals surface area (Å²) in [4.78, 5) is 11.6.